The highest BCUT2D eigenvalue weighted by molar-refractivity contribution is 5.93. The fourth-order valence-electron chi connectivity index (χ4n) is 0.435. The largest absolute Gasteiger partial charge is 0.481 e. The predicted molar refractivity (Wildman–Crippen MR) is 38.0 cm³/mol. The molecule has 64 valence electrons. The molecule has 4 heteroatoms. The van der Waals surface area contributed by atoms with Crippen molar-refractivity contribution >= 4 is 11.9 Å². The normalized spacial score (nSPS) is 12.7. The van der Waals surface area contributed by atoms with Gasteiger partial charge in [-0.2, -0.15) is 0 Å². The fourth-order valence-corrected chi connectivity index (χ4v) is 0.435. The van der Waals surface area contributed by atoms with Crippen LogP contribution in [0, 0.1) is 5.92 Å². The van der Waals surface area contributed by atoms with Crippen LogP contribution >= 0.6 is 0 Å². The molecule has 0 heterocycles. The summed E-state index contributed by atoms with van der Waals surface area (Å²) in [6.07, 6.45) is -0.260. The molecule has 0 aromatic heterocycles. The molecule has 0 aliphatic rings. The minimum absolute atomic E-state index is 0.260. The predicted octanol–water partition coefficient (Wildman–Crippen LogP) is 0.659. The van der Waals surface area contributed by atoms with E-state index in [0.717, 1.165) is 0 Å². The average molecular weight is 160 g/mol. The van der Waals surface area contributed by atoms with Gasteiger partial charge in [0.15, 0.2) is 5.92 Å². The lowest BCUT2D eigenvalue weighted by Gasteiger charge is -2.09. The van der Waals surface area contributed by atoms with Crippen molar-refractivity contribution in [3.05, 3.63) is 0 Å². The lowest BCUT2D eigenvalue weighted by molar-refractivity contribution is -0.160. The van der Waals surface area contributed by atoms with Crippen molar-refractivity contribution < 1.29 is 19.4 Å². The van der Waals surface area contributed by atoms with Crippen molar-refractivity contribution in [3.8, 4) is 0 Å². The zero-order chi connectivity index (χ0) is 9.02. The van der Waals surface area contributed by atoms with E-state index in [0.29, 0.717) is 0 Å². The van der Waals surface area contributed by atoms with Crippen molar-refractivity contribution in [2.45, 2.75) is 26.9 Å². The van der Waals surface area contributed by atoms with Gasteiger partial charge in [0.05, 0.1) is 6.10 Å². The van der Waals surface area contributed by atoms with Crippen LogP contribution < -0.4 is 0 Å². The molecule has 1 N–H and O–H groups in total. The summed E-state index contributed by atoms with van der Waals surface area (Å²) in [4.78, 5) is 21.0. The molecule has 0 aliphatic carbocycles. The Kier molecular flexibility index (Phi) is 3.57. The van der Waals surface area contributed by atoms with E-state index >= 15 is 0 Å². The summed E-state index contributed by atoms with van der Waals surface area (Å²) < 4.78 is 4.65. The van der Waals surface area contributed by atoms with Crippen LogP contribution in [0.4, 0.5) is 0 Å². The number of carboxylic acid groups (broad SMARTS) is 1. The maximum absolute atomic E-state index is 10.8. The third-order valence-electron chi connectivity index (χ3n) is 1.08. The topological polar surface area (TPSA) is 63.6 Å². The standard InChI is InChI=1S/C7H12O4/c1-4(2)11-7(10)5(3)6(8)9/h4-5H,1-3H3,(H,8,9). The summed E-state index contributed by atoms with van der Waals surface area (Å²) >= 11 is 0. The summed E-state index contributed by atoms with van der Waals surface area (Å²) in [7, 11) is 0. The Labute approximate surface area is 65.2 Å². The van der Waals surface area contributed by atoms with Gasteiger partial charge in [-0.15, -0.1) is 0 Å². The van der Waals surface area contributed by atoms with E-state index in [4.69, 9.17) is 5.11 Å². The van der Waals surface area contributed by atoms with Crippen LogP contribution in [0.3, 0.4) is 0 Å². The Balaban J connectivity index is 3.93. The second-order valence-electron chi connectivity index (χ2n) is 2.55. The molecule has 0 amide bonds. The van der Waals surface area contributed by atoms with Gasteiger partial charge in [0, 0.05) is 0 Å². The molecule has 1 unspecified atom stereocenters. The second-order valence-corrected chi connectivity index (χ2v) is 2.55. The highest BCUT2D eigenvalue weighted by atomic mass is 16.5. The van der Waals surface area contributed by atoms with E-state index in [1.807, 2.05) is 0 Å². The highest BCUT2D eigenvalue weighted by Crippen LogP contribution is 2.00. The summed E-state index contributed by atoms with van der Waals surface area (Å²) in [5, 5.41) is 8.36. The van der Waals surface area contributed by atoms with Gasteiger partial charge in [-0.05, 0) is 20.8 Å². The number of carboxylic acids is 1. The molecule has 0 aromatic rings. The Bertz CT molecular complexity index is 162. The fraction of sp³-hybridized carbons (Fsp3) is 0.714. The van der Waals surface area contributed by atoms with Gasteiger partial charge in [0.1, 0.15) is 0 Å². The molecule has 0 spiro atoms. The van der Waals surface area contributed by atoms with Gasteiger partial charge in [-0.3, -0.25) is 9.59 Å². The number of hydrogen-bond acceptors (Lipinski definition) is 3. The molecular formula is C7H12O4. The Hall–Kier alpha value is -1.06. The molecule has 0 saturated heterocycles. The number of aliphatic carboxylic acids is 1. The SMILES string of the molecule is CC(C)OC(=O)C(C)C(=O)O. The third-order valence-corrected chi connectivity index (χ3v) is 1.08. The first-order chi connectivity index (χ1) is 4.95. The van der Waals surface area contributed by atoms with Crippen molar-refractivity contribution in [1.82, 2.24) is 0 Å². The lowest BCUT2D eigenvalue weighted by atomic mass is 10.2. The zero-order valence-corrected chi connectivity index (χ0v) is 6.83. The van der Waals surface area contributed by atoms with E-state index in [1.54, 1.807) is 13.8 Å². The molecule has 0 saturated carbocycles. The molecule has 0 bridgehead atoms. The van der Waals surface area contributed by atoms with Crippen LogP contribution in [0.1, 0.15) is 20.8 Å². The Morgan fingerprint density at radius 2 is 1.73 bits per heavy atom. The van der Waals surface area contributed by atoms with E-state index in [1.165, 1.54) is 6.92 Å². The van der Waals surface area contributed by atoms with Crippen LogP contribution in [0.15, 0.2) is 0 Å². The van der Waals surface area contributed by atoms with Crippen LogP contribution in [-0.4, -0.2) is 23.1 Å². The van der Waals surface area contributed by atoms with Gasteiger partial charge in [-0.25, -0.2) is 0 Å². The maximum Gasteiger partial charge on any atom is 0.320 e. The Morgan fingerprint density at radius 1 is 1.27 bits per heavy atom. The Morgan fingerprint density at radius 3 is 2.00 bits per heavy atom. The van der Waals surface area contributed by atoms with Gasteiger partial charge in [0.25, 0.3) is 0 Å². The zero-order valence-electron chi connectivity index (χ0n) is 6.83. The molecule has 0 rings (SSSR count). The molecule has 4 nitrogen and oxygen atoms in total. The summed E-state index contributed by atoms with van der Waals surface area (Å²) in [5.74, 6) is -2.92. The molecule has 0 aliphatic heterocycles. The number of carbonyl (C=O) groups is 2. The van der Waals surface area contributed by atoms with Gasteiger partial charge < -0.3 is 9.84 Å². The molecule has 0 fully saturated rings. The third kappa shape index (κ3) is 3.60. The molecule has 0 aromatic carbocycles. The smallest absolute Gasteiger partial charge is 0.320 e. The summed E-state index contributed by atoms with van der Waals surface area (Å²) in [6, 6.07) is 0. The van der Waals surface area contributed by atoms with E-state index < -0.39 is 17.9 Å². The van der Waals surface area contributed by atoms with E-state index in [-0.39, 0.29) is 6.10 Å². The number of ether oxygens (including phenoxy) is 1. The van der Waals surface area contributed by atoms with Gasteiger partial charge in [0.2, 0.25) is 0 Å². The van der Waals surface area contributed by atoms with Crippen molar-refractivity contribution in [1.29, 1.82) is 0 Å². The van der Waals surface area contributed by atoms with Gasteiger partial charge >= 0.3 is 11.9 Å². The second kappa shape index (κ2) is 3.95. The van der Waals surface area contributed by atoms with E-state index in [2.05, 4.69) is 4.74 Å². The van der Waals surface area contributed by atoms with Crippen molar-refractivity contribution in [3.63, 3.8) is 0 Å². The van der Waals surface area contributed by atoms with Crippen LogP contribution in [0.2, 0.25) is 0 Å². The molecule has 1 atom stereocenters. The quantitative estimate of drug-likeness (QED) is 0.486. The van der Waals surface area contributed by atoms with Crippen LogP contribution in [-0.2, 0) is 14.3 Å². The number of esters is 1. The van der Waals surface area contributed by atoms with Crippen LogP contribution in [0.25, 0.3) is 0 Å². The minimum Gasteiger partial charge on any atom is -0.481 e. The average Bonchev–Trinajstić information content (AvgIpc) is 1.84. The van der Waals surface area contributed by atoms with Crippen molar-refractivity contribution in [2.24, 2.45) is 5.92 Å². The monoisotopic (exact) mass is 160 g/mol. The van der Waals surface area contributed by atoms with Crippen LogP contribution in [0.5, 0.6) is 0 Å². The number of hydrogen-bond donors (Lipinski definition) is 1. The van der Waals surface area contributed by atoms with Gasteiger partial charge in [-0.1, -0.05) is 0 Å². The molecular weight excluding hydrogens is 148 g/mol. The summed E-state index contributed by atoms with van der Waals surface area (Å²) in [5.41, 5.74) is 0. The molecule has 0 radical (unpaired) electrons. The van der Waals surface area contributed by atoms with E-state index in [9.17, 15) is 9.59 Å². The first-order valence-corrected chi connectivity index (χ1v) is 3.38. The number of rotatable bonds is 3. The first kappa shape index (κ1) is 9.94. The maximum atomic E-state index is 10.8. The minimum atomic E-state index is -1.16. The molecule has 11 heavy (non-hydrogen) atoms. The number of carbonyl (C=O) groups excluding carboxylic acids is 1. The lowest BCUT2D eigenvalue weighted by Crippen LogP contribution is -2.25. The highest BCUT2D eigenvalue weighted by Gasteiger charge is 2.22. The van der Waals surface area contributed by atoms with Crippen molar-refractivity contribution in [2.75, 3.05) is 0 Å². The summed E-state index contributed by atoms with van der Waals surface area (Å²) in [6.45, 7) is 4.64. The first-order valence-electron chi connectivity index (χ1n) is 3.38.